The van der Waals surface area contributed by atoms with Crippen LogP contribution in [0, 0.1) is 12.3 Å². The molecule has 0 radical (unpaired) electrons. The number of carboxylic acids is 1. The number of benzene rings is 1. The summed E-state index contributed by atoms with van der Waals surface area (Å²) in [6.07, 6.45) is 0.659. The minimum Gasteiger partial charge on any atom is -0.481 e. The molecule has 2 heterocycles. The number of aliphatic carboxylic acids is 1. The molecule has 1 aliphatic heterocycles. The summed E-state index contributed by atoms with van der Waals surface area (Å²) in [4.78, 5) is 29.2. The molecular formula is C20H26N2O4. The van der Waals surface area contributed by atoms with E-state index in [-0.39, 0.29) is 12.1 Å². The molecule has 1 fully saturated rings. The summed E-state index contributed by atoms with van der Waals surface area (Å²) in [5.41, 5.74) is 1.20. The molecule has 1 aliphatic rings. The number of nitrogens with one attached hydrogen (secondary N) is 1. The number of carbonyl (C=O) groups is 1. The van der Waals surface area contributed by atoms with Crippen molar-refractivity contribution >= 4 is 16.9 Å². The van der Waals surface area contributed by atoms with Crippen LogP contribution >= 0.6 is 0 Å². The van der Waals surface area contributed by atoms with Crippen molar-refractivity contribution in [3.63, 3.8) is 0 Å². The van der Waals surface area contributed by atoms with Crippen LogP contribution in [0.1, 0.15) is 37.3 Å². The largest absolute Gasteiger partial charge is 0.481 e. The van der Waals surface area contributed by atoms with Gasteiger partial charge in [0.05, 0.1) is 6.10 Å². The highest BCUT2D eigenvalue weighted by molar-refractivity contribution is 5.79. The molecule has 0 aliphatic carbocycles. The molecule has 1 saturated heterocycles. The van der Waals surface area contributed by atoms with Crippen LogP contribution in [0.3, 0.4) is 0 Å². The predicted molar refractivity (Wildman–Crippen MR) is 100 cm³/mol. The van der Waals surface area contributed by atoms with E-state index in [1.54, 1.807) is 0 Å². The zero-order valence-electron chi connectivity index (χ0n) is 15.3. The summed E-state index contributed by atoms with van der Waals surface area (Å²) in [5, 5.41) is 21.1. The van der Waals surface area contributed by atoms with E-state index in [1.165, 1.54) is 0 Å². The second-order valence-electron chi connectivity index (χ2n) is 7.44. The minimum absolute atomic E-state index is 0.148. The Morgan fingerprint density at radius 2 is 2.15 bits per heavy atom. The number of pyridine rings is 1. The number of hydrogen-bond acceptors (Lipinski definition) is 4. The number of aromatic nitrogens is 1. The topological polar surface area (TPSA) is 93.6 Å². The highest BCUT2D eigenvalue weighted by atomic mass is 16.4. The predicted octanol–water partition coefficient (Wildman–Crippen LogP) is 2.27. The van der Waals surface area contributed by atoms with Gasteiger partial charge in [0.2, 0.25) is 0 Å². The Balaban J connectivity index is 1.88. The molecule has 26 heavy (non-hydrogen) atoms. The number of H-pyrrole nitrogens is 1. The Morgan fingerprint density at radius 1 is 1.38 bits per heavy atom. The Kier molecular flexibility index (Phi) is 5.16. The number of rotatable bonds is 5. The van der Waals surface area contributed by atoms with Crippen molar-refractivity contribution < 1.29 is 15.0 Å². The highest BCUT2D eigenvalue weighted by Crippen LogP contribution is 2.36. The second-order valence-corrected chi connectivity index (χ2v) is 7.44. The summed E-state index contributed by atoms with van der Waals surface area (Å²) in [5.74, 6) is -0.959. The van der Waals surface area contributed by atoms with Crippen LogP contribution in [0.15, 0.2) is 29.1 Å². The van der Waals surface area contributed by atoms with Gasteiger partial charge in [-0.25, -0.2) is 0 Å². The first-order valence-electron chi connectivity index (χ1n) is 9.12. The summed E-state index contributed by atoms with van der Waals surface area (Å²) < 4.78 is 0. The quantitative estimate of drug-likeness (QED) is 0.762. The molecule has 0 amide bonds. The van der Waals surface area contributed by atoms with E-state index in [4.69, 9.17) is 0 Å². The van der Waals surface area contributed by atoms with Crippen molar-refractivity contribution in [1.29, 1.82) is 0 Å². The molecule has 0 spiro atoms. The molecule has 0 saturated carbocycles. The molecule has 3 N–H and O–H groups in total. The standard InChI is InChI=1S/C20H26N2O4/c1-3-7-20(19(25)26)12-22(8-6-17(20)23)11-15-10-14-5-4-13(2)9-16(14)21-18(15)24/h4-5,9-10,17,23H,3,6-8,11-12H2,1-2H3,(H,21,24)(H,25,26)/t17-,20+/m0/s1. The number of aliphatic hydroxyl groups excluding tert-OH is 1. The van der Waals surface area contributed by atoms with Gasteiger partial charge in [0.1, 0.15) is 5.41 Å². The fourth-order valence-corrected chi connectivity index (χ4v) is 4.03. The van der Waals surface area contributed by atoms with Gasteiger partial charge in [-0.05, 0) is 42.8 Å². The summed E-state index contributed by atoms with van der Waals surface area (Å²) in [6, 6.07) is 7.79. The third kappa shape index (κ3) is 3.39. The van der Waals surface area contributed by atoms with E-state index in [1.807, 2.05) is 43.0 Å². The first kappa shape index (κ1) is 18.6. The van der Waals surface area contributed by atoms with Crippen LogP contribution < -0.4 is 5.56 Å². The molecule has 6 nitrogen and oxygen atoms in total. The smallest absolute Gasteiger partial charge is 0.313 e. The zero-order chi connectivity index (χ0) is 18.9. The summed E-state index contributed by atoms with van der Waals surface area (Å²) in [7, 11) is 0. The van der Waals surface area contributed by atoms with Crippen molar-refractivity contribution in [2.45, 2.75) is 45.8 Å². The minimum atomic E-state index is -1.16. The Hall–Kier alpha value is -2.18. The van der Waals surface area contributed by atoms with E-state index >= 15 is 0 Å². The lowest BCUT2D eigenvalue weighted by molar-refractivity contribution is -0.164. The van der Waals surface area contributed by atoms with Crippen LogP contribution in [0.4, 0.5) is 0 Å². The number of hydrogen-bond donors (Lipinski definition) is 3. The number of aliphatic hydroxyl groups is 1. The van der Waals surface area contributed by atoms with E-state index < -0.39 is 17.5 Å². The maximum atomic E-state index is 12.5. The number of fused-ring (bicyclic) bond motifs is 1. The highest BCUT2D eigenvalue weighted by Gasteiger charge is 2.48. The van der Waals surface area contributed by atoms with Gasteiger partial charge in [-0.2, -0.15) is 0 Å². The van der Waals surface area contributed by atoms with E-state index in [0.717, 1.165) is 16.5 Å². The van der Waals surface area contributed by atoms with E-state index in [0.29, 0.717) is 37.9 Å². The van der Waals surface area contributed by atoms with E-state index in [2.05, 4.69) is 4.98 Å². The third-order valence-electron chi connectivity index (χ3n) is 5.46. The summed E-state index contributed by atoms with van der Waals surface area (Å²) in [6.45, 7) is 5.11. The average Bonchev–Trinajstić information content (AvgIpc) is 2.58. The number of aromatic amines is 1. The Morgan fingerprint density at radius 3 is 2.85 bits per heavy atom. The molecule has 2 aromatic rings. The van der Waals surface area contributed by atoms with Crippen LogP contribution in [0.5, 0.6) is 0 Å². The SMILES string of the molecule is CCC[C@@]1(C(=O)O)CN(Cc2cc3ccc(C)cc3[nH]c2=O)CC[C@@H]1O. The Bertz CT molecular complexity index is 876. The van der Waals surface area contributed by atoms with Crippen LogP contribution in [0.25, 0.3) is 10.9 Å². The number of aryl methyl sites for hydroxylation is 1. The molecule has 0 bridgehead atoms. The van der Waals surface area contributed by atoms with Crippen LogP contribution in [-0.2, 0) is 11.3 Å². The van der Waals surface area contributed by atoms with E-state index in [9.17, 15) is 19.8 Å². The monoisotopic (exact) mass is 358 g/mol. The second kappa shape index (κ2) is 7.21. The van der Waals surface area contributed by atoms with Gasteiger partial charge in [-0.3, -0.25) is 14.5 Å². The number of carboxylic acid groups (broad SMARTS) is 1. The fourth-order valence-electron chi connectivity index (χ4n) is 4.03. The van der Waals surface area contributed by atoms with Crippen molar-refractivity contribution in [1.82, 2.24) is 9.88 Å². The number of nitrogens with zero attached hydrogens (tertiary/aromatic N) is 1. The van der Waals surface area contributed by atoms with Gasteiger partial charge < -0.3 is 15.2 Å². The lowest BCUT2D eigenvalue weighted by Gasteiger charge is -2.43. The van der Waals surface area contributed by atoms with Gasteiger partial charge in [0.15, 0.2) is 0 Å². The average molecular weight is 358 g/mol. The molecule has 2 atom stereocenters. The van der Waals surface area contributed by atoms with Gasteiger partial charge in [0.25, 0.3) is 5.56 Å². The molecule has 0 unspecified atom stereocenters. The normalized spacial score (nSPS) is 24.0. The molecule has 140 valence electrons. The van der Waals surface area contributed by atoms with Gasteiger partial charge in [-0.15, -0.1) is 0 Å². The molecular weight excluding hydrogens is 332 g/mol. The zero-order valence-corrected chi connectivity index (χ0v) is 15.3. The first-order chi connectivity index (χ1) is 12.4. The lowest BCUT2D eigenvalue weighted by atomic mass is 9.74. The van der Waals surface area contributed by atoms with Gasteiger partial charge >= 0.3 is 5.97 Å². The van der Waals surface area contributed by atoms with Crippen molar-refractivity contribution in [2.75, 3.05) is 13.1 Å². The number of likely N-dealkylation sites (tertiary alicyclic amines) is 1. The molecule has 6 heteroatoms. The maximum absolute atomic E-state index is 12.5. The first-order valence-corrected chi connectivity index (χ1v) is 9.12. The van der Waals surface area contributed by atoms with Crippen molar-refractivity contribution in [2.24, 2.45) is 5.41 Å². The third-order valence-corrected chi connectivity index (χ3v) is 5.46. The molecule has 1 aromatic heterocycles. The van der Waals surface area contributed by atoms with Gasteiger partial charge in [0, 0.05) is 30.7 Å². The van der Waals surface area contributed by atoms with Gasteiger partial charge in [-0.1, -0.05) is 25.5 Å². The molecule has 1 aromatic carbocycles. The van der Waals surface area contributed by atoms with Crippen molar-refractivity contribution in [3.05, 3.63) is 45.7 Å². The van der Waals surface area contributed by atoms with Crippen LogP contribution in [-0.4, -0.2) is 45.3 Å². The number of piperidine rings is 1. The summed E-state index contributed by atoms with van der Waals surface area (Å²) >= 11 is 0. The Labute approximate surface area is 152 Å². The maximum Gasteiger partial charge on any atom is 0.313 e. The fraction of sp³-hybridized carbons (Fsp3) is 0.500. The van der Waals surface area contributed by atoms with Crippen molar-refractivity contribution in [3.8, 4) is 0 Å². The lowest BCUT2D eigenvalue weighted by Crippen LogP contribution is -2.55. The molecule has 3 rings (SSSR count). The van der Waals surface area contributed by atoms with Crippen LogP contribution in [0.2, 0.25) is 0 Å².